The van der Waals surface area contributed by atoms with E-state index in [0.29, 0.717) is 36.0 Å². The highest BCUT2D eigenvalue weighted by Crippen LogP contribution is 2.36. The fourth-order valence-electron chi connectivity index (χ4n) is 7.39. The first kappa shape index (κ1) is 41.3. The number of pyridine rings is 1. The summed E-state index contributed by atoms with van der Waals surface area (Å²) < 4.78 is 52.8. The van der Waals surface area contributed by atoms with Gasteiger partial charge in [0.2, 0.25) is 0 Å². The van der Waals surface area contributed by atoms with Gasteiger partial charge in [-0.1, -0.05) is 24.3 Å². The van der Waals surface area contributed by atoms with Crippen LogP contribution in [0.2, 0.25) is 0 Å². The maximum atomic E-state index is 13.2. The number of alkyl halides is 3. The van der Waals surface area contributed by atoms with Gasteiger partial charge in [0.15, 0.2) is 0 Å². The van der Waals surface area contributed by atoms with Gasteiger partial charge < -0.3 is 30.3 Å². The van der Waals surface area contributed by atoms with E-state index in [4.69, 9.17) is 14.6 Å². The van der Waals surface area contributed by atoms with E-state index in [1.165, 1.54) is 31.4 Å². The number of Topliss-reactive ketones (excluding diaryl/α,β-unsaturated/α-hetero) is 1. The highest BCUT2D eigenvalue weighted by atomic mass is 19.4. The smallest absolute Gasteiger partial charge is 0.433 e. The minimum Gasteiger partial charge on any atom is -0.494 e. The summed E-state index contributed by atoms with van der Waals surface area (Å²) in [5.74, 6) is -2.04. The zero-order valence-electron chi connectivity index (χ0n) is 32.6. The molecule has 3 aromatic carbocycles. The molecule has 18 heteroatoms. The average Bonchev–Trinajstić information content (AvgIpc) is 3.65. The van der Waals surface area contributed by atoms with Crippen LogP contribution in [-0.2, 0) is 17.5 Å². The normalized spacial score (nSPS) is 16.6. The van der Waals surface area contributed by atoms with E-state index in [1.807, 2.05) is 29.3 Å². The maximum Gasteiger partial charge on any atom is 0.433 e. The van der Waals surface area contributed by atoms with Crippen LogP contribution in [0, 0.1) is 5.92 Å². The van der Waals surface area contributed by atoms with Crippen LogP contribution in [0.4, 0.5) is 23.7 Å². The Hall–Kier alpha value is -6.82. The monoisotopic (exact) mass is 826 g/mol. The number of nitrogens with zero attached hydrogens (tertiary/aromatic N) is 4. The summed E-state index contributed by atoms with van der Waals surface area (Å²) in [6, 6.07) is 17.7. The average molecular weight is 827 g/mol. The number of hydrogen-bond acceptors (Lipinski definition) is 10. The largest absolute Gasteiger partial charge is 0.494 e. The Morgan fingerprint density at radius 3 is 2.47 bits per heavy atom. The lowest BCUT2D eigenvalue weighted by Crippen LogP contribution is -2.42. The molecule has 2 aromatic heterocycles. The van der Waals surface area contributed by atoms with Crippen LogP contribution >= 0.6 is 0 Å². The number of fused-ring (bicyclic) bond motifs is 2. The highest BCUT2D eigenvalue weighted by molar-refractivity contribution is 6.49. The predicted molar refractivity (Wildman–Crippen MR) is 212 cm³/mol. The minimum atomic E-state index is -4.68. The molecule has 312 valence electrons. The molecule has 0 radical (unpaired) electrons. The Balaban J connectivity index is 0.843. The molecular weight excluding hydrogens is 786 g/mol. The lowest BCUT2D eigenvalue weighted by atomic mass is 9.86. The standard InChI is InChI=1S/C42H41F3N8O7/c1-52(17-16-46-41(58)47-21-25-6-3-7-28(18-25)60-33-10-4-8-29-36(33)39(56)50-40(57)37(29)54)22-24-12-14-27(15-13-24)53-23-26-19-32(34(59-2)20-31(26)51-53)49-38(55)30-9-5-11-35(48-30)42(43,44)45/h3-11,18-20,23-24,27H,12-17,21-22H2,1-2H3,(H,49,55)(H2,46,47,58)(H,50,56,57)/t24-,27-. The van der Waals surface area contributed by atoms with Crippen molar-refractivity contribution in [3.63, 3.8) is 0 Å². The molecule has 5 aromatic rings. The molecular formula is C42H41F3N8O7. The van der Waals surface area contributed by atoms with Crippen molar-refractivity contribution in [3.05, 3.63) is 107 Å². The predicted octanol–water partition coefficient (Wildman–Crippen LogP) is 6.12. The number of carbonyl (C=O) groups excluding carboxylic acids is 5. The summed E-state index contributed by atoms with van der Waals surface area (Å²) in [6.45, 7) is 2.16. The summed E-state index contributed by atoms with van der Waals surface area (Å²) in [7, 11) is 3.45. The van der Waals surface area contributed by atoms with Gasteiger partial charge in [0, 0.05) is 49.4 Å². The van der Waals surface area contributed by atoms with Crippen molar-refractivity contribution >= 4 is 46.1 Å². The van der Waals surface area contributed by atoms with E-state index in [9.17, 15) is 37.1 Å². The molecule has 1 saturated carbocycles. The number of benzene rings is 3. The first-order valence-corrected chi connectivity index (χ1v) is 19.2. The molecule has 1 fully saturated rings. The van der Waals surface area contributed by atoms with E-state index in [0.717, 1.165) is 55.3 Å². The van der Waals surface area contributed by atoms with Crippen LogP contribution in [-0.4, -0.2) is 83.0 Å². The molecule has 2 aliphatic rings. The number of urea groups is 1. The fourth-order valence-corrected chi connectivity index (χ4v) is 7.39. The molecule has 4 N–H and O–H groups in total. The van der Waals surface area contributed by atoms with Gasteiger partial charge in [-0.05, 0) is 86.7 Å². The first-order chi connectivity index (χ1) is 28.7. The number of carbonyl (C=O) groups is 5. The van der Waals surface area contributed by atoms with Crippen molar-refractivity contribution < 1.29 is 46.6 Å². The second-order valence-corrected chi connectivity index (χ2v) is 14.7. The Kier molecular flexibility index (Phi) is 12.1. The van der Waals surface area contributed by atoms with Gasteiger partial charge in [-0.3, -0.25) is 29.2 Å². The van der Waals surface area contributed by atoms with Gasteiger partial charge in [-0.2, -0.15) is 18.3 Å². The number of methoxy groups -OCH3 is 1. The lowest BCUT2D eigenvalue weighted by Gasteiger charge is -2.31. The molecule has 0 spiro atoms. The molecule has 1 aliphatic carbocycles. The van der Waals surface area contributed by atoms with Gasteiger partial charge >= 0.3 is 12.2 Å². The Bertz CT molecular complexity index is 2460. The number of likely N-dealkylation sites (N-methyl/N-ethyl adjacent to an activating group) is 1. The number of ketones is 1. The molecule has 15 nitrogen and oxygen atoms in total. The Morgan fingerprint density at radius 2 is 1.70 bits per heavy atom. The summed E-state index contributed by atoms with van der Waals surface area (Å²) in [4.78, 5) is 67.6. The zero-order valence-corrected chi connectivity index (χ0v) is 32.6. The van der Waals surface area contributed by atoms with E-state index in [-0.39, 0.29) is 46.9 Å². The van der Waals surface area contributed by atoms with E-state index in [1.54, 1.807) is 30.3 Å². The molecule has 1 aliphatic heterocycles. The quantitative estimate of drug-likeness (QED) is 0.0797. The van der Waals surface area contributed by atoms with Crippen LogP contribution < -0.4 is 30.7 Å². The van der Waals surface area contributed by atoms with Crippen molar-refractivity contribution in [1.82, 2.24) is 35.6 Å². The van der Waals surface area contributed by atoms with Crippen LogP contribution in [0.1, 0.15) is 74.2 Å². The minimum absolute atomic E-state index is 0.0164. The van der Waals surface area contributed by atoms with Crippen LogP contribution in [0.3, 0.4) is 0 Å². The number of anilines is 1. The van der Waals surface area contributed by atoms with E-state index < -0.39 is 35.4 Å². The third-order valence-corrected chi connectivity index (χ3v) is 10.4. The maximum absolute atomic E-state index is 13.2. The topological polar surface area (TPSA) is 186 Å². The second kappa shape index (κ2) is 17.6. The molecule has 5 amide bonds. The lowest BCUT2D eigenvalue weighted by molar-refractivity contribution is -0.141. The van der Waals surface area contributed by atoms with Gasteiger partial charge in [0.25, 0.3) is 23.5 Å². The van der Waals surface area contributed by atoms with Gasteiger partial charge in [-0.25, -0.2) is 9.78 Å². The van der Waals surface area contributed by atoms with E-state index >= 15 is 0 Å². The SMILES string of the molecule is COc1cc2nn([C@H]3CC[C@H](CN(C)CCNC(=O)NCc4cccc(Oc5cccc6c5C(=O)NC(=O)C6=O)c4)CC3)cc2cc1NC(=O)c1cccc(C(F)(F)F)n1. The Morgan fingerprint density at radius 1 is 0.933 bits per heavy atom. The van der Waals surface area contributed by atoms with Gasteiger partial charge in [0.05, 0.1) is 29.9 Å². The third-order valence-electron chi connectivity index (χ3n) is 10.4. The number of hydrogen-bond donors (Lipinski definition) is 4. The van der Waals surface area contributed by atoms with Crippen LogP contribution in [0.15, 0.2) is 79.0 Å². The molecule has 3 heterocycles. The molecule has 60 heavy (non-hydrogen) atoms. The summed E-state index contributed by atoms with van der Waals surface area (Å²) in [5, 5.41) is 15.9. The third kappa shape index (κ3) is 9.55. The number of amides is 5. The number of ether oxygens (including phenoxy) is 2. The number of imide groups is 1. The summed E-state index contributed by atoms with van der Waals surface area (Å²) in [5.41, 5.74) is 0.0993. The van der Waals surface area contributed by atoms with Crippen LogP contribution in [0.25, 0.3) is 10.9 Å². The highest BCUT2D eigenvalue weighted by Gasteiger charge is 2.34. The molecule has 0 bridgehead atoms. The Labute approximate surface area is 341 Å². The number of nitrogens with one attached hydrogen (secondary N) is 4. The zero-order chi connectivity index (χ0) is 42.6. The van der Waals surface area contributed by atoms with Gasteiger partial charge in [0.1, 0.15) is 28.6 Å². The molecule has 0 saturated heterocycles. The van der Waals surface area contributed by atoms with Gasteiger partial charge in [-0.15, -0.1) is 0 Å². The molecule has 0 unspecified atom stereocenters. The second-order valence-electron chi connectivity index (χ2n) is 14.7. The molecule has 0 atom stereocenters. The number of rotatable bonds is 13. The van der Waals surface area contributed by atoms with Crippen LogP contribution in [0.5, 0.6) is 17.2 Å². The fraction of sp³-hybridized carbons (Fsp3) is 0.310. The number of halogens is 3. The van der Waals surface area contributed by atoms with Crippen molar-refractivity contribution in [1.29, 1.82) is 0 Å². The number of aromatic nitrogens is 3. The van der Waals surface area contributed by atoms with Crippen molar-refractivity contribution in [2.75, 3.05) is 39.1 Å². The van der Waals surface area contributed by atoms with Crippen molar-refractivity contribution in [2.24, 2.45) is 5.92 Å². The first-order valence-electron chi connectivity index (χ1n) is 19.2. The molecule has 7 rings (SSSR count). The van der Waals surface area contributed by atoms with Crippen molar-refractivity contribution in [2.45, 2.75) is 44.4 Å². The summed E-state index contributed by atoms with van der Waals surface area (Å²) >= 11 is 0. The van der Waals surface area contributed by atoms with Crippen molar-refractivity contribution in [3.8, 4) is 17.2 Å². The summed E-state index contributed by atoms with van der Waals surface area (Å²) in [6.07, 6.45) is 0.994. The van der Waals surface area contributed by atoms with E-state index in [2.05, 4.69) is 25.8 Å².